The Hall–Kier alpha value is -1.77. The highest BCUT2D eigenvalue weighted by Crippen LogP contribution is 2.21. The highest BCUT2D eigenvalue weighted by Gasteiger charge is 2.15. The van der Waals surface area contributed by atoms with E-state index < -0.39 is 0 Å². The Morgan fingerprint density at radius 1 is 1.42 bits per heavy atom. The highest BCUT2D eigenvalue weighted by atomic mass is 32.1. The summed E-state index contributed by atoms with van der Waals surface area (Å²) in [5.74, 6) is -0.259. The Kier molecular flexibility index (Phi) is 7.36. The number of methoxy groups -OCH3 is 1. The van der Waals surface area contributed by atoms with Gasteiger partial charge in [0.1, 0.15) is 5.82 Å². The summed E-state index contributed by atoms with van der Waals surface area (Å²) < 4.78 is 24.6. The molecule has 1 aromatic rings. The fourth-order valence-electron chi connectivity index (χ4n) is 2.30. The summed E-state index contributed by atoms with van der Waals surface area (Å²) in [6.07, 6.45) is 0. The molecule has 1 aliphatic rings. The van der Waals surface area contributed by atoms with Crippen LogP contribution in [0.15, 0.2) is 23.3 Å². The number of hydrogen-bond donors (Lipinski definition) is 2. The van der Waals surface area contributed by atoms with E-state index >= 15 is 0 Å². The molecular weight excluding hydrogens is 331 g/mol. The number of benzene rings is 1. The molecule has 6 nitrogen and oxygen atoms in total. The minimum Gasteiger partial charge on any atom is -0.383 e. The van der Waals surface area contributed by atoms with E-state index in [9.17, 15) is 4.39 Å². The second kappa shape index (κ2) is 9.51. The van der Waals surface area contributed by atoms with Crippen LogP contribution in [-0.4, -0.2) is 57.4 Å². The van der Waals surface area contributed by atoms with Gasteiger partial charge in [-0.05, 0) is 31.3 Å². The standard InChI is InChI=1S/C16H23FN4O2S/c1-12(19-20-16(24)18-5-8-22-2)13-3-4-15(14(17)11-13)21-6-9-23-10-7-21/h3-4,11H,5-10H2,1-2H3,(H2,18,20,24)/b19-12-. The lowest BCUT2D eigenvalue weighted by atomic mass is 10.1. The molecule has 8 heteroatoms. The van der Waals surface area contributed by atoms with Gasteiger partial charge in [0, 0.05) is 32.3 Å². The fourth-order valence-corrected chi connectivity index (χ4v) is 2.45. The molecule has 2 rings (SSSR count). The molecule has 0 atom stereocenters. The van der Waals surface area contributed by atoms with E-state index in [1.54, 1.807) is 20.1 Å². The van der Waals surface area contributed by atoms with Crippen molar-refractivity contribution in [3.8, 4) is 0 Å². The third-order valence-corrected chi connectivity index (χ3v) is 3.87. The number of nitrogens with one attached hydrogen (secondary N) is 2. The predicted molar refractivity (Wildman–Crippen MR) is 97.3 cm³/mol. The van der Waals surface area contributed by atoms with E-state index in [0.717, 1.165) is 0 Å². The molecule has 0 amide bonds. The van der Waals surface area contributed by atoms with Gasteiger partial charge in [0.25, 0.3) is 0 Å². The summed E-state index contributed by atoms with van der Waals surface area (Å²) in [5, 5.41) is 7.53. The second-order valence-electron chi connectivity index (χ2n) is 5.32. The number of thiocarbonyl (C=S) groups is 1. The van der Waals surface area contributed by atoms with Gasteiger partial charge in [-0.2, -0.15) is 5.10 Å². The molecule has 1 fully saturated rings. The van der Waals surface area contributed by atoms with Crippen LogP contribution < -0.4 is 15.6 Å². The second-order valence-corrected chi connectivity index (χ2v) is 5.73. The van der Waals surface area contributed by atoms with Gasteiger partial charge in [0.2, 0.25) is 0 Å². The maximum absolute atomic E-state index is 14.4. The summed E-state index contributed by atoms with van der Waals surface area (Å²) in [5.41, 5.74) is 4.69. The number of halogens is 1. The molecule has 1 aromatic carbocycles. The Morgan fingerprint density at radius 2 is 2.17 bits per heavy atom. The van der Waals surface area contributed by atoms with Gasteiger partial charge >= 0.3 is 0 Å². The largest absolute Gasteiger partial charge is 0.383 e. The van der Waals surface area contributed by atoms with Crippen molar-refractivity contribution in [1.29, 1.82) is 0 Å². The summed E-state index contributed by atoms with van der Waals surface area (Å²) in [4.78, 5) is 1.99. The minimum absolute atomic E-state index is 0.259. The van der Waals surface area contributed by atoms with Gasteiger partial charge in [-0.25, -0.2) is 4.39 Å². The van der Waals surface area contributed by atoms with Gasteiger partial charge in [0.15, 0.2) is 5.11 Å². The predicted octanol–water partition coefficient (Wildman–Crippen LogP) is 1.50. The monoisotopic (exact) mass is 354 g/mol. The first kappa shape index (κ1) is 18.6. The van der Waals surface area contributed by atoms with Crippen molar-refractivity contribution < 1.29 is 13.9 Å². The maximum atomic E-state index is 14.4. The van der Waals surface area contributed by atoms with Crippen LogP contribution in [0.1, 0.15) is 12.5 Å². The fraction of sp³-hybridized carbons (Fsp3) is 0.500. The number of ether oxygens (including phenoxy) is 2. The third kappa shape index (κ3) is 5.40. The zero-order chi connectivity index (χ0) is 17.4. The molecule has 0 bridgehead atoms. The van der Waals surface area contributed by atoms with Gasteiger partial charge in [-0.1, -0.05) is 6.07 Å². The van der Waals surface area contributed by atoms with Gasteiger partial charge in [0.05, 0.1) is 31.2 Å². The van der Waals surface area contributed by atoms with Crippen LogP contribution in [0, 0.1) is 5.82 Å². The van der Waals surface area contributed by atoms with E-state index in [1.165, 1.54) is 6.07 Å². The molecule has 0 unspecified atom stereocenters. The molecule has 0 radical (unpaired) electrons. The van der Waals surface area contributed by atoms with Crippen LogP contribution >= 0.6 is 12.2 Å². The van der Waals surface area contributed by atoms with Gasteiger partial charge in [-0.3, -0.25) is 5.43 Å². The summed E-state index contributed by atoms with van der Waals surface area (Å²) in [6, 6.07) is 5.13. The number of hydrazone groups is 1. The van der Waals surface area contributed by atoms with Crippen molar-refractivity contribution >= 4 is 28.7 Å². The molecular formula is C16H23FN4O2S. The molecule has 0 aromatic heterocycles. The molecule has 0 spiro atoms. The number of rotatable bonds is 6. The molecule has 0 aliphatic carbocycles. The Balaban J connectivity index is 1.96. The van der Waals surface area contributed by atoms with Crippen molar-refractivity contribution in [2.45, 2.75) is 6.92 Å². The molecule has 1 aliphatic heterocycles. The average Bonchev–Trinajstić information content (AvgIpc) is 2.60. The van der Waals surface area contributed by atoms with Crippen LogP contribution in [0.5, 0.6) is 0 Å². The average molecular weight is 354 g/mol. The van der Waals surface area contributed by atoms with E-state index in [0.29, 0.717) is 61.5 Å². The molecule has 24 heavy (non-hydrogen) atoms. The normalized spacial score (nSPS) is 15.3. The number of anilines is 1. The molecule has 2 N–H and O–H groups in total. The highest BCUT2D eigenvalue weighted by molar-refractivity contribution is 7.80. The number of nitrogens with zero attached hydrogens (tertiary/aromatic N) is 2. The Morgan fingerprint density at radius 3 is 2.83 bits per heavy atom. The molecule has 1 saturated heterocycles. The van der Waals surface area contributed by atoms with Gasteiger partial charge < -0.3 is 19.7 Å². The van der Waals surface area contributed by atoms with E-state index in [-0.39, 0.29) is 5.82 Å². The van der Waals surface area contributed by atoms with Crippen LogP contribution in [0.3, 0.4) is 0 Å². The summed E-state index contributed by atoms with van der Waals surface area (Å²) >= 11 is 5.09. The summed E-state index contributed by atoms with van der Waals surface area (Å²) in [7, 11) is 1.62. The van der Waals surface area contributed by atoms with E-state index in [4.69, 9.17) is 21.7 Å². The van der Waals surface area contributed by atoms with E-state index in [1.807, 2.05) is 11.0 Å². The van der Waals surface area contributed by atoms with Crippen molar-refractivity contribution in [2.75, 3.05) is 51.5 Å². The minimum atomic E-state index is -0.259. The molecule has 132 valence electrons. The van der Waals surface area contributed by atoms with Crippen LogP contribution in [0.25, 0.3) is 0 Å². The zero-order valence-electron chi connectivity index (χ0n) is 14.0. The lowest BCUT2D eigenvalue weighted by Crippen LogP contribution is -2.36. The number of hydrogen-bond acceptors (Lipinski definition) is 5. The van der Waals surface area contributed by atoms with Crippen LogP contribution in [0.2, 0.25) is 0 Å². The quantitative estimate of drug-likeness (QED) is 0.349. The lowest BCUT2D eigenvalue weighted by Gasteiger charge is -2.29. The molecule has 0 saturated carbocycles. The zero-order valence-corrected chi connectivity index (χ0v) is 14.8. The maximum Gasteiger partial charge on any atom is 0.187 e. The van der Waals surface area contributed by atoms with Gasteiger partial charge in [-0.15, -0.1) is 0 Å². The van der Waals surface area contributed by atoms with Crippen molar-refractivity contribution in [1.82, 2.24) is 10.7 Å². The SMILES string of the molecule is COCCNC(=S)N/N=C(/C)c1ccc(N2CCOCC2)c(F)c1. The van der Waals surface area contributed by atoms with Crippen LogP contribution in [-0.2, 0) is 9.47 Å². The van der Waals surface area contributed by atoms with E-state index in [2.05, 4.69) is 15.8 Å². The number of morpholine rings is 1. The van der Waals surface area contributed by atoms with Crippen molar-refractivity contribution in [2.24, 2.45) is 5.10 Å². The van der Waals surface area contributed by atoms with Crippen LogP contribution in [0.4, 0.5) is 10.1 Å². The first-order chi connectivity index (χ1) is 11.6. The Labute approximate surface area is 147 Å². The summed E-state index contributed by atoms with van der Waals surface area (Å²) in [6.45, 7) is 5.60. The lowest BCUT2D eigenvalue weighted by molar-refractivity contribution is 0.122. The van der Waals surface area contributed by atoms with Crippen molar-refractivity contribution in [3.63, 3.8) is 0 Å². The topological polar surface area (TPSA) is 58.1 Å². The Bertz CT molecular complexity index is 591. The smallest absolute Gasteiger partial charge is 0.187 e. The first-order valence-corrected chi connectivity index (χ1v) is 8.22. The molecule has 1 heterocycles. The van der Waals surface area contributed by atoms with Crippen molar-refractivity contribution in [3.05, 3.63) is 29.6 Å². The third-order valence-electron chi connectivity index (χ3n) is 3.63. The first-order valence-electron chi connectivity index (χ1n) is 7.81.